The smallest absolute Gasteiger partial charge is 0.256 e. The molecule has 2 aliphatic heterocycles. The van der Waals surface area contributed by atoms with Crippen LogP contribution < -0.4 is 11.1 Å². The van der Waals surface area contributed by atoms with Gasteiger partial charge in [0.1, 0.15) is 5.82 Å². The zero-order chi connectivity index (χ0) is 16.0. The highest BCUT2D eigenvalue weighted by Crippen LogP contribution is 2.38. The zero-order valence-corrected chi connectivity index (χ0v) is 13.3. The van der Waals surface area contributed by atoms with Gasteiger partial charge in [0.15, 0.2) is 0 Å². The lowest BCUT2D eigenvalue weighted by Gasteiger charge is -2.26. The third kappa shape index (κ3) is 2.29. The van der Waals surface area contributed by atoms with E-state index in [0.717, 1.165) is 22.5 Å². The molecule has 4 rings (SSSR count). The summed E-state index contributed by atoms with van der Waals surface area (Å²) in [6, 6.07) is 5.61. The van der Waals surface area contributed by atoms with Gasteiger partial charge in [0.25, 0.3) is 5.91 Å². The number of nitrogen functional groups attached to an aromatic ring is 1. The lowest BCUT2D eigenvalue weighted by molar-refractivity contribution is 0.0854. The molecule has 2 aromatic rings. The number of hydrogen-bond acceptors (Lipinski definition) is 5. The molecule has 120 valence electrons. The van der Waals surface area contributed by atoms with Gasteiger partial charge in [-0.05, 0) is 18.1 Å². The van der Waals surface area contributed by atoms with Crippen LogP contribution in [0.15, 0.2) is 18.2 Å². The fourth-order valence-electron chi connectivity index (χ4n) is 3.33. The number of nitrogens with zero attached hydrogens (tertiary/aromatic N) is 2. The van der Waals surface area contributed by atoms with Crippen LogP contribution in [0.1, 0.15) is 34.0 Å². The third-order valence-electron chi connectivity index (χ3n) is 4.50. The van der Waals surface area contributed by atoms with Crippen molar-refractivity contribution in [2.75, 3.05) is 24.2 Å². The molecule has 3 heterocycles. The molecule has 0 aliphatic carbocycles. The highest BCUT2D eigenvalue weighted by atomic mass is 35.5. The van der Waals surface area contributed by atoms with Crippen molar-refractivity contribution >= 4 is 29.0 Å². The summed E-state index contributed by atoms with van der Waals surface area (Å²) in [5.41, 5.74) is 9.60. The van der Waals surface area contributed by atoms with Gasteiger partial charge in [-0.2, -0.15) is 9.78 Å². The fourth-order valence-corrected chi connectivity index (χ4v) is 3.58. The number of ether oxygens (including phenoxy) is 1. The number of para-hydroxylation sites is 1. The first-order chi connectivity index (χ1) is 11.2. The van der Waals surface area contributed by atoms with E-state index in [9.17, 15) is 4.79 Å². The summed E-state index contributed by atoms with van der Waals surface area (Å²) in [7, 11) is 0. The molecule has 0 saturated heterocycles. The number of hydrogen-bond donors (Lipinski definition) is 2. The van der Waals surface area contributed by atoms with Gasteiger partial charge < -0.3 is 15.8 Å². The maximum Gasteiger partial charge on any atom is 0.256 e. The molecule has 0 spiro atoms. The van der Waals surface area contributed by atoms with Crippen molar-refractivity contribution in [3.8, 4) is 0 Å². The highest BCUT2D eigenvalue weighted by molar-refractivity contribution is 6.33. The summed E-state index contributed by atoms with van der Waals surface area (Å²) in [5.74, 6) is 0.0341. The maximum atomic E-state index is 13.0. The minimum Gasteiger partial charge on any atom is -0.384 e. The Morgan fingerprint density at radius 1 is 1.48 bits per heavy atom. The van der Waals surface area contributed by atoms with Crippen molar-refractivity contribution in [3.63, 3.8) is 0 Å². The minimum atomic E-state index is -0.297. The van der Waals surface area contributed by atoms with E-state index in [4.69, 9.17) is 22.1 Å². The van der Waals surface area contributed by atoms with E-state index in [1.54, 1.807) is 0 Å². The van der Waals surface area contributed by atoms with E-state index in [1.165, 1.54) is 4.68 Å². The van der Waals surface area contributed by atoms with Crippen molar-refractivity contribution in [2.24, 2.45) is 0 Å². The van der Waals surface area contributed by atoms with E-state index in [1.807, 2.05) is 18.2 Å². The fraction of sp³-hybridized carbons (Fsp3) is 0.375. The molecular formula is C16H17ClN4O2. The predicted molar refractivity (Wildman–Crippen MR) is 87.9 cm³/mol. The number of benzene rings is 1. The standard InChI is InChI=1S/C16H17ClN4O2/c17-12-3-1-2-9-10(4-6-19-14(9)12)16(22)21-15(18)11-5-7-23-8-13(11)20-21/h1-3,10,19H,4-8,18H2/t10-/m1/s1. The number of aromatic nitrogens is 2. The summed E-state index contributed by atoms with van der Waals surface area (Å²) in [6.07, 6.45) is 1.38. The predicted octanol–water partition coefficient (Wildman–Crippen LogP) is 2.43. The molecular weight excluding hydrogens is 316 g/mol. The summed E-state index contributed by atoms with van der Waals surface area (Å²) in [4.78, 5) is 13.0. The van der Waals surface area contributed by atoms with Crippen LogP contribution in [0.4, 0.5) is 11.5 Å². The molecule has 0 saturated carbocycles. The Morgan fingerprint density at radius 2 is 2.35 bits per heavy atom. The number of nitrogens with one attached hydrogen (secondary N) is 1. The Labute approximate surface area is 138 Å². The van der Waals surface area contributed by atoms with E-state index >= 15 is 0 Å². The quantitative estimate of drug-likeness (QED) is 0.838. The van der Waals surface area contributed by atoms with Crippen LogP contribution in [0.25, 0.3) is 0 Å². The Kier molecular flexibility index (Phi) is 3.50. The van der Waals surface area contributed by atoms with Crippen LogP contribution in [-0.2, 0) is 17.8 Å². The zero-order valence-electron chi connectivity index (χ0n) is 12.5. The van der Waals surface area contributed by atoms with Gasteiger partial charge in [-0.15, -0.1) is 0 Å². The van der Waals surface area contributed by atoms with Crippen molar-refractivity contribution < 1.29 is 9.53 Å². The number of rotatable bonds is 1. The van der Waals surface area contributed by atoms with E-state index in [-0.39, 0.29) is 11.8 Å². The number of carbonyl (C=O) groups is 1. The Bertz CT molecular complexity index is 787. The maximum absolute atomic E-state index is 13.0. The first-order valence-corrected chi connectivity index (χ1v) is 8.05. The molecule has 23 heavy (non-hydrogen) atoms. The molecule has 1 atom stereocenters. The lowest BCUT2D eigenvalue weighted by Crippen LogP contribution is -2.28. The Hall–Kier alpha value is -2.05. The summed E-state index contributed by atoms with van der Waals surface area (Å²) < 4.78 is 6.74. The van der Waals surface area contributed by atoms with E-state index < -0.39 is 0 Å². The second kappa shape index (κ2) is 5.54. The lowest BCUT2D eigenvalue weighted by atomic mass is 9.90. The number of anilines is 2. The van der Waals surface area contributed by atoms with Crippen LogP contribution in [0.5, 0.6) is 0 Å². The van der Waals surface area contributed by atoms with Gasteiger partial charge in [-0.3, -0.25) is 4.79 Å². The Balaban J connectivity index is 1.74. The molecule has 0 unspecified atom stereocenters. The molecule has 3 N–H and O–H groups in total. The molecule has 0 bridgehead atoms. The average Bonchev–Trinajstić information content (AvgIpc) is 2.92. The number of nitrogens with two attached hydrogens (primary N) is 1. The molecule has 0 amide bonds. The molecule has 6 nitrogen and oxygen atoms in total. The first kappa shape index (κ1) is 14.5. The highest BCUT2D eigenvalue weighted by Gasteiger charge is 2.32. The van der Waals surface area contributed by atoms with Crippen LogP contribution >= 0.6 is 11.6 Å². The second-order valence-electron chi connectivity index (χ2n) is 5.84. The van der Waals surface area contributed by atoms with Gasteiger partial charge in [-0.25, -0.2) is 0 Å². The normalized spacial score (nSPS) is 19.6. The van der Waals surface area contributed by atoms with Gasteiger partial charge in [0.2, 0.25) is 0 Å². The molecule has 0 radical (unpaired) electrons. The summed E-state index contributed by atoms with van der Waals surface area (Å²) in [6.45, 7) is 1.72. The molecule has 0 fully saturated rings. The van der Waals surface area contributed by atoms with Gasteiger partial charge in [-0.1, -0.05) is 23.7 Å². The second-order valence-corrected chi connectivity index (χ2v) is 6.24. The van der Waals surface area contributed by atoms with Crippen molar-refractivity contribution in [1.29, 1.82) is 0 Å². The monoisotopic (exact) mass is 332 g/mol. The van der Waals surface area contributed by atoms with Crippen LogP contribution in [0.2, 0.25) is 5.02 Å². The average molecular weight is 333 g/mol. The summed E-state index contributed by atoms with van der Waals surface area (Å²) in [5, 5.41) is 8.28. The molecule has 2 aliphatic rings. The number of halogens is 1. The first-order valence-electron chi connectivity index (χ1n) is 7.67. The van der Waals surface area contributed by atoms with Gasteiger partial charge in [0.05, 0.1) is 35.5 Å². The van der Waals surface area contributed by atoms with Crippen LogP contribution in [-0.4, -0.2) is 28.8 Å². The van der Waals surface area contributed by atoms with Gasteiger partial charge in [0, 0.05) is 18.5 Å². The van der Waals surface area contributed by atoms with Crippen LogP contribution in [0.3, 0.4) is 0 Å². The summed E-state index contributed by atoms with van der Waals surface area (Å²) >= 11 is 6.23. The van der Waals surface area contributed by atoms with Crippen molar-refractivity contribution in [3.05, 3.63) is 40.0 Å². The van der Waals surface area contributed by atoms with E-state index in [0.29, 0.717) is 43.4 Å². The third-order valence-corrected chi connectivity index (χ3v) is 4.82. The molecule has 7 heteroatoms. The number of fused-ring (bicyclic) bond motifs is 2. The van der Waals surface area contributed by atoms with Crippen LogP contribution in [0, 0.1) is 0 Å². The molecule has 1 aromatic carbocycles. The topological polar surface area (TPSA) is 82.2 Å². The van der Waals surface area contributed by atoms with Gasteiger partial charge >= 0.3 is 0 Å². The minimum absolute atomic E-state index is 0.109. The van der Waals surface area contributed by atoms with Crippen molar-refractivity contribution in [2.45, 2.75) is 25.4 Å². The van der Waals surface area contributed by atoms with E-state index in [2.05, 4.69) is 10.4 Å². The molecule has 1 aromatic heterocycles. The van der Waals surface area contributed by atoms with Crippen molar-refractivity contribution in [1.82, 2.24) is 9.78 Å². The number of carbonyl (C=O) groups excluding carboxylic acids is 1. The SMILES string of the molecule is Nc1c2c(nn1C(=O)[C@@H]1CCNc3c(Cl)cccc31)COCC2. The largest absolute Gasteiger partial charge is 0.384 e. The Morgan fingerprint density at radius 3 is 3.17 bits per heavy atom.